The molecule has 4 heteroatoms. The van der Waals surface area contributed by atoms with Gasteiger partial charge in [-0.2, -0.15) is 0 Å². The van der Waals surface area contributed by atoms with Gasteiger partial charge in [0.15, 0.2) is 0 Å². The van der Waals surface area contributed by atoms with E-state index in [0.29, 0.717) is 18.9 Å². The summed E-state index contributed by atoms with van der Waals surface area (Å²) >= 11 is 0. The van der Waals surface area contributed by atoms with Crippen LogP contribution in [0.15, 0.2) is 24.3 Å². The Morgan fingerprint density at radius 1 is 1.24 bits per heavy atom. The molecule has 120 valence electrons. The van der Waals surface area contributed by atoms with Gasteiger partial charge in [0.1, 0.15) is 0 Å². The summed E-state index contributed by atoms with van der Waals surface area (Å²) in [5, 5.41) is 3.03. The summed E-state index contributed by atoms with van der Waals surface area (Å²) in [4.78, 5) is 11.9. The van der Waals surface area contributed by atoms with E-state index in [1.807, 2.05) is 0 Å². The second-order valence-electron chi connectivity index (χ2n) is 5.97. The van der Waals surface area contributed by atoms with Gasteiger partial charge in [-0.05, 0) is 37.7 Å². The quantitative estimate of drug-likeness (QED) is 0.774. The number of nitrogens with one attached hydrogen (secondary N) is 1. The third kappa shape index (κ3) is 8.74. The summed E-state index contributed by atoms with van der Waals surface area (Å²) in [6, 6.07) is 8.61. The van der Waals surface area contributed by atoms with Crippen molar-refractivity contribution in [2.75, 3.05) is 6.54 Å². The smallest absolute Gasteiger partial charge is 0.220 e. The van der Waals surface area contributed by atoms with Gasteiger partial charge in [-0.25, -0.2) is 0 Å². The van der Waals surface area contributed by atoms with Crippen molar-refractivity contribution in [2.45, 2.75) is 52.5 Å². The largest absolute Gasteiger partial charge is 0.352 e. The average molecular weight is 313 g/mol. The van der Waals surface area contributed by atoms with Crippen molar-refractivity contribution in [3.63, 3.8) is 0 Å². The lowest BCUT2D eigenvalue weighted by Gasteiger charge is -2.18. The van der Waals surface area contributed by atoms with Crippen molar-refractivity contribution in [3.05, 3.63) is 35.4 Å². The maximum absolute atomic E-state index is 11.9. The average Bonchev–Trinajstić information content (AvgIpc) is 2.39. The number of hydrogen-bond acceptors (Lipinski definition) is 2. The minimum Gasteiger partial charge on any atom is -0.352 e. The lowest BCUT2D eigenvalue weighted by molar-refractivity contribution is -0.121. The number of rotatable bonds is 8. The molecule has 1 atom stereocenters. The van der Waals surface area contributed by atoms with Crippen LogP contribution in [0.5, 0.6) is 0 Å². The molecular formula is C17H29ClN2O. The van der Waals surface area contributed by atoms with Crippen LogP contribution in [0.1, 0.15) is 44.2 Å². The summed E-state index contributed by atoms with van der Waals surface area (Å²) < 4.78 is 0. The predicted octanol–water partition coefficient (Wildman–Crippen LogP) is 3.23. The van der Waals surface area contributed by atoms with Gasteiger partial charge < -0.3 is 11.1 Å². The van der Waals surface area contributed by atoms with E-state index in [-0.39, 0.29) is 24.4 Å². The number of carbonyl (C=O) groups is 1. The molecule has 0 spiro atoms. The standard InChI is InChI=1S/C17H28N2O.ClH/c1-13(2)11-16(12-18)19-17(20)6-4-5-15-9-7-14(3)8-10-15;/h7-10,13,16H,4-6,11-12,18H2,1-3H3,(H,19,20);1H. The van der Waals surface area contributed by atoms with Crippen molar-refractivity contribution in [1.82, 2.24) is 5.32 Å². The highest BCUT2D eigenvalue weighted by molar-refractivity contribution is 5.85. The normalized spacial score (nSPS) is 11.9. The number of nitrogens with two attached hydrogens (primary N) is 1. The summed E-state index contributed by atoms with van der Waals surface area (Å²) in [7, 11) is 0. The van der Waals surface area contributed by atoms with Gasteiger partial charge in [-0.1, -0.05) is 43.7 Å². The van der Waals surface area contributed by atoms with Crippen LogP contribution >= 0.6 is 12.4 Å². The molecule has 0 aromatic heterocycles. The van der Waals surface area contributed by atoms with Crippen LogP contribution in [0, 0.1) is 12.8 Å². The fourth-order valence-corrected chi connectivity index (χ4v) is 2.29. The maximum Gasteiger partial charge on any atom is 0.220 e. The maximum atomic E-state index is 11.9. The Morgan fingerprint density at radius 3 is 2.38 bits per heavy atom. The summed E-state index contributed by atoms with van der Waals surface area (Å²) in [5.41, 5.74) is 8.25. The lowest BCUT2D eigenvalue weighted by atomic mass is 10.0. The SMILES string of the molecule is Cc1ccc(CCCC(=O)NC(CN)CC(C)C)cc1.Cl. The molecule has 0 heterocycles. The van der Waals surface area contributed by atoms with Gasteiger partial charge in [-0.3, -0.25) is 4.79 Å². The topological polar surface area (TPSA) is 55.1 Å². The highest BCUT2D eigenvalue weighted by Crippen LogP contribution is 2.08. The van der Waals surface area contributed by atoms with Crippen molar-refractivity contribution in [1.29, 1.82) is 0 Å². The molecule has 0 fully saturated rings. The van der Waals surface area contributed by atoms with Crippen LogP contribution < -0.4 is 11.1 Å². The first-order chi connectivity index (χ1) is 9.51. The van der Waals surface area contributed by atoms with E-state index in [4.69, 9.17) is 5.73 Å². The fraction of sp³-hybridized carbons (Fsp3) is 0.588. The van der Waals surface area contributed by atoms with Gasteiger partial charge in [-0.15, -0.1) is 12.4 Å². The molecule has 1 unspecified atom stereocenters. The molecule has 1 rings (SSSR count). The minimum atomic E-state index is 0. The van der Waals surface area contributed by atoms with E-state index in [1.54, 1.807) is 0 Å². The molecule has 0 saturated heterocycles. The van der Waals surface area contributed by atoms with Crippen LogP contribution in [0.4, 0.5) is 0 Å². The fourth-order valence-electron chi connectivity index (χ4n) is 2.29. The van der Waals surface area contributed by atoms with E-state index in [9.17, 15) is 4.79 Å². The summed E-state index contributed by atoms with van der Waals surface area (Å²) in [6.45, 7) is 6.89. The highest BCUT2D eigenvalue weighted by Gasteiger charge is 2.11. The number of aryl methyl sites for hydroxylation is 2. The Kier molecular flexibility index (Phi) is 10.1. The first-order valence-corrected chi connectivity index (χ1v) is 7.56. The summed E-state index contributed by atoms with van der Waals surface area (Å²) in [5.74, 6) is 0.671. The molecule has 0 aliphatic rings. The van der Waals surface area contributed by atoms with E-state index < -0.39 is 0 Å². The van der Waals surface area contributed by atoms with Crippen LogP contribution in [0.25, 0.3) is 0 Å². The Hall–Kier alpha value is -1.06. The zero-order valence-corrected chi connectivity index (χ0v) is 14.2. The molecule has 0 aliphatic carbocycles. The Bertz CT molecular complexity index is 404. The van der Waals surface area contributed by atoms with E-state index in [0.717, 1.165) is 19.3 Å². The first kappa shape index (κ1) is 19.9. The second-order valence-corrected chi connectivity index (χ2v) is 5.97. The van der Waals surface area contributed by atoms with E-state index in [2.05, 4.69) is 50.4 Å². The van der Waals surface area contributed by atoms with Crippen LogP contribution in [-0.2, 0) is 11.2 Å². The Morgan fingerprint density at radius 2 is 1.86 bits per heavy atom. The van der Waals surface area contributed by atoms with Gasteiger partial charge in [0.2, 0.25) is 5.91 Å². The third-order valence-electron chi connectivity index (χ3n) is 3.40. The molecule has 3 nitrogen and oxygen atoms in total. The number of hydrogen-bond donors (Lipinski definition) is 2. The number of amides is 1. The predicted molar refractivity (Wildman–Crippen MR) is 91.8 cm³/mol. The molecule has 1 aromatic carbocycles. The van der Waals surface area contributed by atoms with E-state index in [1.165, 1.54) is 11.1 Å². The van der Waals surface area contributed by atoms with Crippen LogP contribution in [0.3, 0.4) is 0 Å². The van der Waals surface area contributed by atoms with Gasteiger partial charge in [0.25, 0.3) is 0 Å². The molecule has 21 heavy (non-hydrogen) atoms. The number of benzene rings is 1. The molecule has 0 radical (unpaired) electrons. The van der Waals surface area contributed by atoms with Gasteiger partial charge >= 0.3 is 0 Å². The Labute approximate surface area is 135 Å². The zero-order chi connectivity index (χ0) is 15.0. The third-order valence-corrected chi connectivity index (χ3v) is 3.40. The van der Waals surface area contributed by atoms with Crippen molar-refractivity contribution in [3.8, 4) is 0 Å². The lowest BCUT2D eigenvalue weighted by Crippen LogP contribution is -2.40. The molecule has 0 aliphatic heterocycles. The molecule has 0 bridgehead atoms. The molecule has 1 aromatic rings. The van der Waals surface area contributed by atoms with Crippen molar-refractivity contribution >= 4 is 18.3 Å². The van der Waals surface area contributed by atoms with Crippen molar-refractivity contribution < 1.29 is 4.79 Å². The second kappa shape index (κ2) is 10.6. The van der Waals surface area contributed by atoms with Crippen LogP contribution in [0.2, 0.25) is 0 Å². The van der Waals surface area contributed by atoms with Gasteiger partial charge in [0, 0.05) is 19.0 Å². The number of carbonyl (C=O) groups excluding carboxylic acids is 1. The molecular weight excluding hydrogens is 284 g/mol. The Balaban J connectivity index is 0.00000400. The van der Waals surface area contributed by atoms with E-state index >= 15 is 0 Å². The molecule has 0 saturated carbocycles. The monoisotopic (exact) mass is 312 g/mol. The first-order valence-electron chi connectivity index (χ1n) is 7.56. The highest BCUT2D eigenvalue weighted by atomic mass is 35.5. The molecule has 3 N–H and O–H groups in total. The van der Waals surface area contributed by atoms with Gasteiger partial charge in [0.05, 0.1) is 0 Å². The minimum absolute atomic E-state index is 0. The summed E-state index contributed by atoms with van der Waals surface area (Å²) in [6.07, 6.45) is 3.35. The van der Waals surface area contributed by atoms with Crippen molar-refractivity contribution in [2.24, 2.45) is 11.7 Å². The number of halogens is 1. The van der Waals surface area contributed by atoms with Crippen LogP contribution in [-0.4, -0.2) is 18.5 Å². The zero-order valence-electron chi connectivity index (χ0n) is 13.4. The molecule has 1 amide bonds.